The van der Waals surface area contributed by atoms with Gasteiger partial charge in [0.05, 0.1) is 24.0 Å². The van der Waals surface area contributed by atoms with Crippen LogP contribution >= 0.6 is 11.3 Å². The lowest BCUT2D eigenvalue weighted by Crippen LogP contribution is -2.46. The average molecular weight is 405 g/mol. The Bertz CT molecular complexity index is 827. The highest BCUT2D eigenvalue weighted by atomic mass is 32.1. The van der Waals surface area contributed by atoms with E-state index in [0.717, 1.165) is 62.8 Å². The quantitative estimate of drug-likeness (QED) is 0.822. The molecule has 0 bridgehead atoms. The van der Waals surface area contributed by atoms with Gasteiger partial charge in [-0.25, -0.2) is 0 Å². The molecule has 4 rings (SSSR count). The van der Waals surface area contributed by atoms with E-state index in [2.05, 4.69) is 27.3 Å². The Morgan fingerprint density at radius 3 is 3.00 bits per heavy atom. The summed E-state index contributed by atoms with van der Waals surface area (Å²) in [4.78, 5) is 18.6. The van der Waals surface area contributed by atoms with Crippen molar-refractivity contribution in [2.24, 2.45) is 0 Å². The van der Waals surface area contributed by atoms with E-state index in [9.17, 15) is 4.79 Å². The van der Waals surface area contributed by atoms with Gasteiger partial charge in [-0.2, -0.15) is 0 Å². The normalized spacial score (nSPS) is 20.9. The summed E-state index contributed by atoms with van der Waals surface area (Å²) in [5, 5.41) is 9.13. The SMILES string of the molecule is Cc1noc(C)c1CN1CCc2c(C(=O)NCC3CN(C)CCO3)csc2C1. The Morgan fingerprint density at radius 1 is 1.39 bits per heavy atom. The number of likely N-dealkylation sites (N-methyl/N-ethyl adjacent to an activating group) is 1. The van der Waals surface area contributed by atoms with Crippen LogP contribution in [0, 0.1) is 13.8 Å². The van der Waals surface area contributed by atoms with Crippen molar-refractivity contribution in [1.29, 1.82) is 0 Å². The van der Waals surface area contributed by atoms with Gasteiger partial charge < -0.3 is 19.5 Å². The molecule has 0 aliphatic carbocycles. The van der Waals surface area contributed by atoms with E-state index in [0.29, 0.717) is 6.54 Å². The predicted octanol–water partition coefficient (Wildman–Crippen LogP) is 1.97. The molecular weight excluding hydrogens is 376 g/mol. The number of amides is 1. The molecule has 1 saturated heterocycles. The predicted molar refractivity (Wildman–Crippen MR) is 108 cm³/mol. The number of thiophene rings is 1. The summed E-state index contributed by atoms with van der Waals surface area (Å²) >= 11 is 1.69. The van der Waals surface area contributed by atoms with Crippen molar-refractivity contribution in [3.05, 3.63) is 38.4 Å². The average Bonchev–Trinajstić information content (AvgIpc) is 3.24. The molecular formula is C20H28N4O3S. The van der Waals surface area contributed by atoms with E-state index < -0.39 is 0 Å². The van der Waals surface area contributed by atoms with Crippen LogP contribution in [-0.4, -0.2) is 66.8 Å². The largest absolute Gasteiger partial charge is 0.374 e. The highest BCUT2D eigenvalue weighted by Gasteiger charge is 2.26. The Kier molecular flexibility index (Phi) is 5.82. The van der Waals surface area contributed by atoms with Gasteiger partial charge in [0.25, 0.3) is 5.91 Å². The zero-order chi connectivity index (χ0) is 19.7. The van der Waals surface area contributed by atoms with Crippen molar-refractivity contribution in [2.45, 2.75) is 39.5 Å². The molecule has 2 aliphatic rings. The molecule has 2 aromatic heterocycles. The van der Waals surface area contributed by atoms with E-state index in [1.54, 1.807) is 11.3 Å². The summed E-state index contributed by atoms with van der Waals surface area (Å²) in [5.74, 6) is 0.915. The second-order valence-corrected chi connectivity index (χ2v) is 8.74. The number of ether oxygens (including phenoxy) is 1. The number of carbonyl (C=O) groups excluding carboxylic acids is 1. The molecule has 28 heavy (non-hydrogen) atoms. The van der Waals surface area contributed by atoms with E-state index in [4.69, 9.17) is 9.26 Å². The van der Waals surface area contributed by atoms with E-state index in [-0.39, 0.29) is 12.0 Å². The summed E-state index contributed by atoms with van der Waals surface area (Å²) in [6.07, 6.45) is 0.968. The summed E-state index contributed by atoms with van der Waals surface area (Å²) in [7, 11) is 2.08. The zero-order valence-electron chi connectivity index (χ0n) is 16.8. The van der Waals surface area contributed by atoms with Gasteiger partial charge in [-0.1, -0.05) is 5.16 Å². The molecule has 1 amide bonds. The zero-order valence-corrected chi connectivity index (χ0v) is 17.6. The van der Waals surface area contributed by atoms with Crippen molar-refractivity contribution in [3.63, 3.8) is 0 Å². The van der Waals surface area contributed by atoms with Crippen LogP contribution in [0.1, 0.15) is 37.8 Å². The van der Waals surface area contributed by atoms with Crippen LogP contribution in [0.15, 0.2) is 9.90 Å². The smallest absolute Gasteiger partial charge is 0.252 e. The van der Waals surface area contributed by atoms with Crippen molar-refractivity contribution >= 4 is 17.2 Å². The maximum atomic E-state index is 12.7. The number of hydrogen-bond donors (Lipinski definition) is 1. The Balaban J connectivity index is 1.36. The second-order valence-electron chi connectivity index (χ2n) is 7.78. The van der Waals surface area contributed by atoms with E-state index in [1.165, 1.54) is 16.0 Å². The topological polar surface area (TPSA) is 70.8 Å². The molecule has 152 valence electrons. The maximum Gasteiger partial charge on any atom is 0.252 e. The molecule has 0 aromatic carbocycles. The first-order valence-electron chi connectivity index (χ1n) is 9.83. The molecule has 7 nitrogen and oxygen atoms in total. The van der Waals surface area contributed by atoms with Gasteiger partial charge in [0.2, 0.25) is 0 Å². The fraction of sp³-hybridized carbons (Fsp3) is 0.600. The molecule has 1 atom stereocenters. The Morgan fingerprint density at radius 2 is 2.25 bits per heavy atom. The highest BCUT2D eigenvalue weighted by molar-refractivity contribution is 7.10. The van der Waals surface area contributed by atoms with Crippen molar-refractivity contribution < 1.29 is 14.1 Å². The van der Waals surface area contributed by atoms with Gasteiger partial charge in [0.1, 0.15) is 5.76 Å². The first-order valence-corrected chi connectivity index (χ1v) is 10.7. The van der Waals surface area contributed by atoms with Gasteiger partial charge in [-0.3, -0.25) is 9.69 Å². The molecule has 2 aromatic rings. The number of carbonyl (C=O) groups is 1. The third kappa shape index (κ3) is 4.15. The van der Waals surface area contributed by atoms with Gasteiger partial charge in [0, 0.05) is 55.1 Å². The molecule has 1 N–H and O–H groups in total. The standard InChI is InChI=1S/C20H28N4O3S/c1-13-17(14(2)27-22-13)10-24-5-4-16-18(12-28-19(16)11-24)20(25)21-8-15-9-23(3)6-7-26-15/h12,15H,4-11H2,1-3H3,(H,21,25). The van der Waals surface area contributed by atoms with E-state index in [1.807, 2.05) is 19.2 Å². The van der Waals surface area contributed by atoms with Crippen LogP contribution in [0.25, 0.3) is 0 Å². The molecule has 0 spiro atoms. The molecule has 8 heteroatoms. The number of nitrogens with one attached hydrogen (secondary N) is 1. The van der Waals surface area contributed by atoms with Crippen molar-refractivity contribution in [1.82, 2.24) is 20.3 Å². The van der Waals surface area contributed by atoms with Crippen LogP contribution in [-0.2, 0) is 24.2 Å². The monoisotopic (exact) mass is 404 g/mol. The molecule has 4 heterocycles. The van der Waals surface area contributed by atoms with E-state index >= 15 is 0 Å². The summed E-state index contributed by atoms with van der Waals surface area (Å²) < 4.78 is 11.0. The first-order chi connectivity index (χ1) is 13.5. The summed E-state index contributed by atoms with van der Waals surface area (Å²) in [6.45, 7) is 9.70. The number of nitrogens with zero attached hydrogens (tertiary/aromatic N) is 3. The fourth-order valence-electron chi connectivity index (χ4n) is 3.95. The molecule has 0 radical (unpaired) electrons. The number of morpholine rings is 1. The number of aryl methyl sites for hydroxylation is 2. The van der Waals surface area contributed by atoms with Crippen LogP contribution < -0.4 is 5.32 Å². The van der Waals surface area contributed by atoms with Crippen LogP contribution in [0.2, 0.25) is 0 Å². The van der Waals surface area contributed by atoms with Crippen LogP contribution in [0.3, 0.4) is 0 Å². The van der Waals surface area contributed by atoms with Gasteiger partial charge in [0.15, 0.2) is 0 Å². The third-order valence-electron chi connectivity index (χ3n) is 5.67. The van der Waals surface area contributed by atoms with Crippen molar-refractivity contribution in [2.75, 3.05) is 39.8 Å². The number of rotatable bonds is 5. The van der Waals surface area contributed by atoms with Crippen molar-refractivity contribution in [3.8, 4) is 0 Å². The minimum Gasteiger partial charge on any atom is -0.374 e. The molecule has 0 saturated carbocycles. The molecule has 2 aliphatic heterocycles. The second kappa shape index (κ2) is 8.32. The highest BCUT2D eigenvalue weighted by Crippen LogP contribution is 2.30. The lowest BCUT2D eigenvalue weighted by Gasteiger charge is -2.30. The third-order valence-corrected chi connectivity index (χ3v) is 6.68. The number of fused-ring (bicyclic) bond motifs is 1. The lowest BCUT2D eigenvalue weighted by atomic mass is 10.0. The van der Waals surface area contributed by atoms with Gasteiger partial charge in [-0.05, 0) is 32.9 Å². The summed E-state index contributed by atoms with van der Waals surface area (Å²) in [6, 6.07) is 0. The fourth-order valence-corrected chi connectivity index (χ4v) is 5.07. The lowest BCUT2D eigenvalue weighted by molar-refractivity contribution is -0.0175. The van der Waals surface area contributed by atoms with Gasteiger partial charge >= 0.3 is 0 Å². The number of hydrogen-bond acceptors (Lipinski definition) is 7. The minimum atomic E-state index is 0.0218. The first kappa shape index (κ1) is 19.6. The Labute approximate surface area is 169 Å². The molecule has 1 fully saturated rings. The molecule has 1 unspecified atom stereocenters. The van der Waals surface area contributed by atoms with Crippen LogP contribution in [0.4, 0.5) is 0 Å². The Hall–Kier alpha value is -1.74. The number of aromatic nitrogens is 1. The summed E-state index contributed by atoms with van der Waals surface area (Å²) in [5.41, 5.74) is 4.18. The van der Waals surface area contributed by atoms with Gasteiger partial charge in [-0.15, -0.1) is 11.3 Å². The van der Waals surface area contributed by atoms with Crippen LogP contribution in [0.5, 0.6) is 0 Å². The minimum absolute atomic E-state index is 0.0218. The maximum absolute atomic E-state index is 12.7.